The van der Waals surface area contributed by atoms with Gasteiger partial charge in [-0.05, 0) is 81.2 Å². The van der Waals surface area contributed by atoms with Crippen LogP contribution < -0.4 is 15.5 Å². The number of hydrogen-bond acceptors (Lipinski definition) is 9. The summed E-state index contributed by atoms with van der Waals surface area (Å²) in [5.74, 6) is -0.589. The van der Waals surface area contributed by atoms with E-state index in [0.717, 1.165) is 6.42 Å². The van der Waals surface area contributed by atoms with Gasteiger partial charge in [-0.25, -0.2) is 24.1 Å². The van der Waals surface area contributed by atoms with E-state index in [1.807, 2.05) is 23.9 Å². The Bertz CT molecular complexity index is 2060. The van der Waals surface area contributed by atoms with Crippen molar-refractivity contribution in [1.82, 2.24) is 29.7 Å². The minimum absolute atomic E-state index is 0.0484. The largest absolute Gasteiger partial charge is 0.378 e. The molecule has 0 saturated carbocycles. The van der Waals surface area contributed by atoms with E-state index in [9.17, 15) is 14.0 Å². The zero-order valence-corrected chi connectivity index (χ0v) is 27.6. The fourth-order valence-corrected chi connectivity index (χ4v) is 6.14. The molecule has 0 radical (unpaired) electrons. The lowest BCUT2D eigenvalue weighted by Crippen LogP contribution is -2.37. The summed E-state index contributed by atoms with van der Waals surface area (Å²) in [6.07, 6.45) is 3.86. The van der Waals surface area contributed by atoms with Crippen LogP contribution >= 0.6 is 0 Å². The summed E-state index contributed by atoms with van der Waals surface area (Å²) < 4.78 is 35.5. The van der Waals surface area contributed by atoms with E-state index >= 15 is 4.39 Å². The maximum Gasteiger partial charge on any atom is 0.323 e. The highest BCUT2D eigenvalue weighted by molar-refractivity contribution is 6.01. The van der Waals surface area contributed by atoms with Crippen LogP contribution in [0.3, 0.4) is 0 Å². The zero-order valence-electron chi connectivity index (χ0n) is 27.6. The van der Waals surface area contributed by atoms with Gasteiger partial charge < -0.3 is 30.1 Å². The SMILES string of the molecule is CN(C)[C@H]1CCN(C(=O)c2ccc(NC(=O)Nc3ccc(-c4nc(N5CCOCC5)c5ncc(-c6cccnc6F)cc5n4)cc3F)cc2)C1. The number of ether oxygens (including phenoxy) is 1. The Morgan fingerprint density at radius 2 is 1.72 bits per heavy atom. The number of anilines is 3. The van der Waals surface area contributed by atoms with Gasteiger partial charge in [0.2, 0.25) is 5.95 Å². The van der Waals surface area contributed by atoms with Crippen molar-refractivity contribution in [2.45, 2.75) is 12.5 Å². The number of urea groups is 1. The van der Waals surface area contributed by atoms with Gasteiger partial charge in [0, 0.05) is 72.6 Å². The van der Waals surface area contributed by atoms with Crippen molar-refractivity contribution in [3.8, 4) is 22.5 Å². The molecule has 2 aliphatic rings. The average Bonchev–Trinajstić information content (AvgIpc) is 3.64. The van der Waals surface area contributed by atoms with Gasteiger partial charge in [-0.1, -0.05) is 0 Å². The maximum absolute atomic E-state index is 15.5. The van der Waals surface area contributed by atoms with E-state index in [1.54, 1.807) is 54.7 Å². The van der Waals surface area contributed by atoms with Crippen LogP contribution in [0.15, 0.2) is 73.1 Å². The van der Waals surface area contributed by atoms with Gasteiger partial charge >= 0.3 is 6.03 Å². The average molecular weight is 680 g/mol. The number of halogens is 2. The van der Waals surface area contributed by atoms with Gasteiger partial charge in [0.05, 0.1) is 24.4 Å². The number of morpholine rings is 1. The lowest BCUT2D eigenvalue weighted by molar-refractivity contribution is 0.0783. The first-order valence-electron chi connectivity index (χ1n) is 16.3. The first-order valence-corrected chi connectivity index (χ1v) is 16.3. The number of amides is 3. The minimum Gasteiger partial charge on any atom is -0.378 e. The quantitative estimate of drug-likeness (QED) is 0.221. The number of carbonyl (C=O) groups excluding carboxylic acids is 2. The predicted octanol–water partition coefficient (Wildman–Crippen LogP) is 5.29. The minimum atomic E-state index is -0.693. The third-order valence-corrected chi connectivity index (χ3v) is 8.94. The van der Waals surface area contributed by atoms with Gasteiger partial charge in [-0.15, -0.1) is 0 Å². The molecule has 2 aromatic carbocycles. The van der Waals surface area contributed by atoms with Crippen molar-refractivity contribution >= 4 is 40.2 Å². The zero-order chi connectivity index (χ0) is 34.8. The molecule has 5 heterocycles. The van der Waals surface area contributed by atoms with Gasteiger partial charge in [0.1, 0.15) is 11.3 Å². The third kappa shape index (κ3) is 6.93. The maximum atomic E-state index is 15.5. The molecule has 14 heteroatoms. The topological polar surface area (TPSA) is 129 Å². The van der Waals surface area contributed by atoms with E-state index in [1.165, 1.54) is 18.3 Å². The molecule has 2 aliphatic heterocycles. The molecule has 0 bridgehead atoms. The standard InChI is InChI=1S/C36H35F2N9O3/c1-45(2)26-11-13-47(21-26)35(48)22-5-8-25(9-6-22)41-36(49)43-29-10-7-23(18-28(29)37)33-42-30-19-24(27-4-3-12-39-32(27)38)20-40-31(30)34(44-33)46-14-16-50-17-15-46/h3-10,12,18-20,26H,11,13-17,21H2,1-2H3,(H2,41,43,49)/t26-/m0/s1. The van der Waals surface area contributed by atoms with Crippen LogP contribution in [0, 0.1) is 11.8 Å². The summed E-state index contributed by atoms with van der Waals surface area (Å²) in [5.41, 5.74) is 3.04. The number of pyridine rings is 2. The second kappa shape index (κ2) is 14.1. The molecule has 0 unspecified atom stereocenters. The molecule has 0 spiro atoms. The number of rotatable bonds is 7. The Hall–Kier alpha value is -5.60. The molecule has 0 aliphatic carbocycles. The second-order valence-corrected chi connectivity index (χ2v) is 12.4. The summed E-state index contributed by atoms with van der Waals surface area (Å²) in [7, 11) is 4.02. The van der Waals surface area contributed by atoms with E-state index < -0.39 is 17.8 Å². The number of hydrogen-bond donors (Lipinski definition) is 2. The van der Waals surface area contributed by atoms with Crippen LogP contribution in [0.2, 0.25) is 0 Å². The number of nitrogens with one attached hydrogen (secondary N) is 2. The number of nitrogens with zero attached hydrogens (tertiary/aromatic N) is 7. The van der Waals surface area contributed by atoms with Gasteiger partial charge in [0.15, 0.2) is 11.6 Å². The molecule has 3 aromatic heterocycles. The van der Waals surface area contributed by atoms with Gasteiger partial charge in [-0.3, -0.25) is 9.78 Å². The normalized spacial score (nSPS) is 16.2. The Kier molecular flexibility index (Phi) is 9.28. The van der Waals surface area contributed by atoms with E-state index in [-0.39, 0.29) is 23.0 Å². The predicted molar refractivity (Wildman–Crippen MR) is 186 cm³/mol. The number of carbonyl (C=O) groups is 2. The molecule has 2 saturated heterocycles. The highest BCUT2D eigenvalue weighted by atomic mass is 19.1. The smallest absolute Gasteiger partial charge is 0.323 e. The molecule has 1 atom stereocenters. The van der Waals surface area contributed by atoms with Crippen LogP contribution in [0.1, 0.15) is 16.8 Å². The highest BCUT2D eigenvalue weighted by Gasteiger charge is 2.28. The van der Waals surface area contributed by atoms with Gasteiger partial charge in [-0.2, -0.15) is 4.39 Å². The fourth-order valence-electron chi connectivity index (χ4n) is 6.14. The molecule has 5 aromatic rings. The Morgan fingerprint density at radius 1 is 0.920 bits per heavy atom. The number of likely N-dealkylation sites (N-methyl/N-ethyl adjacent to an activating group) is 1. The van der Waals surface area contributed by atoms with Crippen LogP contribution in [0.25, 0.3) is 33.5 Å². The van der Waals surface area contributed by atoms with Crippen LogP contribution in [0.4, 0.5) is 30.8 Å². The second-order valence-electron chi connectivity index (χ2n) is 12.4. The molecule has 2 N–H and O–H groups in total. The molecular formula is C36H35F2N9O3. The highest BCUT2D eigenvalue weighted by Crippen LogP contribution is 2.31. The Balaban J connectivity index is 1.09. The van der Waals surface area contributed by atoms with Crippen molar-refractivity contribution in [2.24, 2.45) is 0 Å². The Labute approximate surface area is 287 Å². The first kappa shape index (κ1) is 32.9. The molecule has 2 fully saturated rings. The number of likely N-dealkylation sites (tertiary alicyclic amines) is 1. The lowest BCUT2D eigenvalue weighted by atomic mass is 10.1. The van der Waals surface area contributed by atoms with Crippen molar-refractivity contribution in [2.75, 3.05) is 69.0 Å². The summed E-state index contributed by atoms with van der Waals surface area (Å²) in [6, 6.07) is 15.5. The number of fused-ring (bicyclic) bond motifs is 1. The lowest BCUT2D eigenvalue weighted by Gasteiger charge is -2.28. The van der Waals surface area contributed by atoms with E-state index in [2.05, 4.69) is 25.5 Å². The fraction of sp³-hybridized carbons (Fsp3) is 0.278. The molecular weight excluding hydrogens is 644 g/mol. The van der Waals surface area contributed by atoms with Crippen molar-refractivity contribution in [1.29, 1.82) is 0 Å². The number of benzene rings is 2. The van der Waals surface area contributed by atoms with Crippen molar-refractivity contribution in [3.63, 3.8) is 0 Å². The van der Waals surface area contributed by atoms with Gasteiger partial charge in [0.25, 0.3) is 5.91 Å². The molecule has 7 rings (SSSR count). The molecule has 12 nitrogen and oxygen atoms in total. The molecule has 50 heavy (non-hydrogen) atoms. The number of aromatic nitrogens is 4. The first-order chi connectivity index (χ1) is 24.2. The third-order valence-electron chi connectivity index (χ3n) is 8.94. The summed E-state index contributed by atoms with van der Waals surface area (Å²) in [5, 5.41) is 5.22. The monoisotopic (exact) mass is 679 g/mol. The van der Waals surface area contributed by atoms with Crippen LogP contribution in [-0.4, -0.2) is 101 Å². The Morgan fingerprint density at radius 3 is 2.44 bits per heavy atom. The van der Waals surface area contributed by atoms with E-state index in [4.69, 9.17) is 14.7 Å². The van der Waals surface area contributed by atoms with Crippen molar-refractivity contribution < 1.29 is 23.1 Å². The van der Waals surface area contributed by atoms with Crippen LogP contribution in [0.5, 0.6) is 0 Å². The molecule has 3 amide bonds. The molecule has 256 valence electrons. The van der Waals surface area contributed by atoms with E-state index in [0.29, 0.717) is 84.7 Å². The summed E-state index contributed by atoms with van der Waals surface area (Å²) in [4.78, 5) is 49.5. The summed E-state index contributed by atoms with van der Waals surface area (Å²) >= 11 is 0. The van der Waals surface area contributed by atoms with Crippen molar-refractivity contribution in [3.05, 3.63) is 90.4 Å². The van der Waals surface area contributed by atoms with Crippen LogP contribution in [-0.2, 0) is 4.74 Å². The summed E-state index contributed by atoms with van der Waals surface area (Å²) in [6.45, 7) is 3.54.